The predicted molar refractivity (Wildman–Crippen MR) is 106 cm³/mol. The number of para-hydroxylation sites is 1. The van der Waals surface area contributed by atoms with E-state index in [9.17, 15) is 14.5 Å². The predicted octanol–water partition coefficient (Wildman–Crippen LogP) is 5.18. The van der Waals surface area contributed by atoms with E-state index >= 15 is 0 Å². The van der Waals surface area contributed by atoms with Crippen LogP contribution < -0.4 is 0 Å². The van der Waals surface area contributed by atoms with E-state index < -0.39 is 5.82 Å². The molecule has 0 bridgehead atoms. The van der Waals surface area contributed by atoms with Gasteiger partial charge in [0.05, 0.1) is 21.6 Å². The average molecular weight is 400 g/mol. The number of rotatable bonds is 4. The van der Waals surface area contributed by atoms with Crippen LogP contribution in [0.3, 0.4) is 0 Å². The van der Waals surface area contributed by atoms with E-state index in [0.29, 0.717) is 12.1 Å². The molecule has 0 amide bonds. The Balaban J connectivity index is 1.80. The summed E-state index contributed by atoms with van der Waals surface area (Å²) in [5.74, 6) is -0.453. The number of fused-ring (bicyclic) bond motifs is 1. The van der Waals surface area contributed by atoms with Gasteiger partial charge in [0.25, 0.3) is 5.69 Å². The van der Waals surface area contributed by atoms with Gasteiger partial charge in [0.1, 0.15) is 5.82 Å². The van der Waals surface area contributed by atoms with Gasteiger partial charge in [-0.3, -0.25) is 15.0 Å². The number of nitrogens with zero attached hydrogens (tertiary/aromatic N) is 3. The van der Waals surface area contributed by atoms with Crippen LogP contribution >= 0.6 is 11.6 Å². The molecule has 2 aromatic carbocycles. The first-order chi connectivity index (χ1) is 13.5. The summed E-state index contributed by atoms with van der Waals surface area (Å²) in [6.07, 6.45) is 2.92. The Labute approximate surface area is 167 Å². The maximum absolute atomic E-state index is 13.6. The minimum Gasteiger partial charge on any atom is -0.350 e. The Morgan fingerprint density at radius 1 is 1.14 bits per heavy atom. The van der Waals surface area contributed by atoms with Crippen LogP contribution in [-0.4, -0.2) is 20.9 Å². The van der Waals surface area contributed by atoms with Crippen molar-refractivity contribution in [2.24, 2.45) is 0 Å². The topological polar surface area (TPSA) is 51.3 Å². The molecular formula is C21H19ClFN3O2. The highest BCUT2D eigenvalue weighted by Crippen LogP contribution is 2.37. The van der Waals surface area contributed by atoms with Crippen molar-refractivity contribution < 1.29 is 9.31 Å². The Hall–Kier alpha value is -2.70. The van der Waals surface area contributed by atoms with Gasteiger partial charge < -0.3 is 4.57 Å². The monoisotopic (exact) mass is 399 g/mol. The number of nitro benzene ring substituents is 1. The van der Waals surface area contributed by atoms with Crippen molar-refractivity contribution in [1.29, 1.82) is 0 Å². The Kier molecular flexibility index (Phi) is 5.15. The summed E-state index contributed by atoms with van der Waals surface area (Å²) in [6.45, 7) is 2.12. The van der Waals surface area contributed by atoms with Gasteiger partial charge in [-0.05, 0) is 36.2 Å². The first-order valence-electron chi connectivity index (χ1n) is 9.11. The molecule has 4 rings (SSSR count). The zero-order valence-corrected chi connectivity index (χ0v) is 15.8. The van der Waals surface area contributed by atoms with E-state index in [1.807, 2.05) is 30.5 Å². The Bertz CT molecular complexity index is 1020. The fourth-order valence-corrected chi connectivity index (χ4v) is 4.13. The molecule has 0 spiro atoms. The molecule has 144 valence electrons. The number of hydrogen-bond donors (Lipinski definition) is 0. The molecule has 0 saturated carbocycles. The van der Waals surface area contributed by atoms with E-state index in [1.54, 1.807) is 24.3 Å². The lowest BCUT2D eigenvalue weighted by molar-refractivity contribution is -0.385. The van der Waals surface area contributed by atoms with Crippen LogP contribution in [0, 0.1) is 15.9 Å². The van der Waals surface area contributed by atoms with Crippen molar-refractivity contribution in [3.8, 4) is 0 Å². The lowest BCUT2D eigenvalue weighted by atomic mass is 9.99. The average Bonchev–Trinajstić information content (AvgIpc) is 3.06. The lowest BCUT2D eigenvalue weighted by Gasteiger charge is -2.30. The van der Waals surface area contributed by atoms with Gasteiger partial charge in [-0.25, -0.2) is 4.39 Å². The van der Waals surface area contributed by atoms with Gasteiger partial charge in [-0.2, -0.15) is 0 Å². The number of aryl methyl sites for hydroxylation is 1. The smallest absolute Gasteiger partial charge is 0.274 e. The highest BCUT2D eigenvalue weighted by molar-refractivity contribution is 6.30. The molecule has 0 fully saturated rings. The van der Waals surface area contributed by atoms with E-state index in [0.717, 1.165) is 30.8 Å². The van der Waals surface area contributed by atoms with Crippen LogP contribution in [0.25, 0.3) is 0 Å². The molecule has 3 aromatic rings. The molecule has 1 aromatic heterocycles. The number of benzene rings is 2. The van der Waals surface area contributed by atoms with Crippen molar-refractivity contribution in [2.45, 2.75) is 25.6 Å². The third-order valence-electron chi connectivity index (χ3n) is 5.15. The molecule has 0 unspecified atom stereocenters. The lowest BCUT2D eigenvalue weighted by Crippen LogP contribution is -2.30. The highest BCUT2D eigenvalue weighted by Gasteiger charge is 2.32. The summed E-state index contributed by atoms with van der Waals surface area (Å²) < 4.78 is 15.7. The number of aromatic nitrogens is 1. The molecule has 5 nitrogen and oxygen atoms in total. The SMILES string of the molecule is O=[N+]([O-])c1ccccc1[C@H]1c2cccn2CCCN1Cc1ccc(F)c(Cl)c1. The van der Waals surface area contributed by atoms with Gasteiger partial charge in [-0.15, -0.1) is 0 Å². The zero-order valence-electron chi connectivity index (χ0n) is 15.1. The summed E-state index contributed by atoms with van der Waals surface area (Å²) >= 11 is 5.96. The Morgan fingerprint density at radius 2 is 1.96 bits per heavy atom. The molecule has 28 heavy (non-hydrogen) atoms. The fourth-order valence-electron chi connectivity index (χ4n) is 3.92. The number of halogens is 2. The summed E-state index contributed by atoms with van der Waals surface area (Å²) in [6, 6.07) is 15.3. The van der Waals surface area contributed by atoms with E-state index in [1.165, 1.54) is 6.07 Å². The zero-order chi connectivity index (χ0) is 19.7. The minimum atomic E-state index is -0.453. The van der Waals surface area contributed by atoms with Crippen LogP contribution in [0.15, 0.2) is 60.8 Å². The van der Waals surface area contributed by atoms with Crippen LogP contribution in [-0.2, 0) is 13.1 Å². The quantitative estimate of drug-likeness (QED) is 0.448. The van der Waals surface area contributed by atoms with Gasteiger partial charge in [0.2, 0.25) is 0 Å². The van der Waals surface area contributed by atoms with Crippen LogP contribution in [0.5, 0.6) is 0 Å². The standard InChI is InChI=1S/C21H19ClFN3O2/c22-17-13-15(8-9-18(17)23)14-25-12-4-11-24-10-3-7-20(24)21(25)16-5-1-2-6-19(16)26(27)28/h1-3,5-10,13,21H,4,11-12,14H2/t21-/m0/s1. The van der Waals surface area contributed by atoms with Crippen LogP contribution in [0.4, 0.5) is 10.1 Å². The van der Waals surface area contributed by atoms with E-state index in [2.05, 4.69) is 9.47 Å². The maximum Gasteiger partial charge on any atom is 0.274 e. The molecule has 1 atom stereocenters. The molecule has 1 aliphatic heterocycles. The second-order valence-electron chi connectivity index (χ2n) is 6.92. The van der Waals surface area contributed by atoms with E-state index in [4.69, 9.17) is 11.6 Å². The van der Waals surface area contributed by atoms with Crippen molar-refractivity contribution in [3.05, 3.63) is 98.6 Å². The first kappa shape index (κ1) is 18.7. The summed E-state index contributed by atoms with van der Waals surface area (Å²) in [4.78, 5) is 13.5. The highest BCUT2D eigenvalue weighted by atomic mass is 35.5. The van der Waals surface area contributed by atoms with Gasteiger partial charge in [0.15, 0.2) is 0 Å². The molecular weight excluding hydrogens is 381 g/mol. The fraction of sp³-hybridized carbons (Fsp3) is 0.238. The largest absolute Gasteiger partial charge is 0.350 e. The van der Waals surface area contributed by atoms with Crippen molar-refractivity contribution in [2.75, 3.05) is 6.54 Å². The van der Waals surface area contributed by atoms with Gasteiger partial charge >= 0.3 is 0 Å². The normalized spacial score (nSPS) is 17.1. The van der Waals surface area contributed by atoms with E-state index in [-0.39, 0.29) is 21.7 Å². The van der Waals surface area contributed by atoms with Crippen LogP contribution in [0.2, 0.25) is 5.02 Å². The molecule has 0 saturated heterocycles. The second kappa shape index (κ2) is 7.73. The third kappa shape index (κ3) is 3.53. The Morgan fingerprint density at radius 3 is 2.75 bits per heavy atom. The first-order valence-corrected chi connectivity index (χ1v) is 9.49. The summed E-state index contributed by atoms with van der Waals surface area (Å²) in [7, 11) is 0. The van der Waals surface area contributed by atoms with Crippen molar-refractivity contribution in [3.63, 3.8) is 0 Å². The molecule has 0 aliphatic carbocycles. The number of nitro groups is 1. The molecule has 7 heteroatoms. The van der Waals surface area contributed by atoms with Crippen LogP contribution in [0.1, 0.15) is 29.3 Å². The van der Waals surface area contributed by atoms with Crippen molar-refractivity contribution >= 4 is 17.3 Å². The summed E-state index contributed by atoms with van der Waals surface area (Å²) in [5, 5.41) is 11.8. The molecule has 0 N–H and O–H groups in total. The maximum atomic E-state index is 13.6. The van der Waals surface area contributed by atoms with Gasteiger partial charge in [0, 0.05) is 37.6 Å². The minimum absolute atomic E-state index is 0.0814. The van der Waals surface area contributed by atoms with Gasteiger partial charge in [-0.1, -0.05) is 35.9 Å². The summed E-state index contributed by atoms with van der Waals surface area (Å²) in [5.41, 5.74) is 2.64. The third-order valence-corrected chi connectivity index (χ3v) is 5.44. The molecule has 2 heterocycles. The second-order valence-corrected chi connectivity index (χ2v) is 7.32. The van der Waals surface area contributed by atoms with Crippen molar-refractivity contribution in [1.82, 2.24) is 9.47 Å². The molecule has 0 radical (unpaired) electrons. The molecule has 1 aliphatic rings. The number of hydrogen-bond acceptors (Lipinski definition) is 3.